The van der Waals surface area contributed by atoms with Gasteiger partial charge in [-0.05, 0) is 43.7 Å². The normalized spacial score (nSPS) is 25.9. The topological polar surface area (TPSA) is 68.7 Å². The number of methoxy groups -OCH3 is 1. The maximum atomic E-state index is 12.1. The van der Waals surface area contributed by atoms with Crippen molar-refractivity contribution in [3.05, 3.63) is 36.0 Å². The summed E-state index contributed by atoms with van der Waals surface area (Å²) in [7, 11) is 1.62. The highest BCUT2D eigenvalue weighted by atomic mass is 16.5. The minimum absolute atomic E-state index is 0.00662. The first-order valence-corrected chi connectivity index (χ1v) is 8.93. The van der Waals surface area contributed by atoms with Gasteiger partial charge in [0.15, 0.2) is 0 Å². The van der Waals surface area contributed by atoms with Crippen LogP contribution in [-0.2, 0) is 14.3 Å². The van der Waals surface area contributed by atoms with Gasteiger partial charge in [0.2, 0.25) is 0 Å². The number of pyridine rings is 1. The molecule has 4 heterocycles. The van der Waals surface area contributed by atoms with Crippen molar-refractivity contribution in [3.63, 3.8) is 0 Å². The van der Waals surface area contributed by atoms with E-state index in [9.17, 15) is 9.59 Å². The van der Waals surface area contributed by atoms with Gasteiger partial charge < -0.3 is 9.47 Å². The number of ether oxygens (including phenoxy) is 2. The highest BCUT2D eigenvalue weighted by Crippen LogP contribution is 2.40. The van der Waals surface area contributed by atoms with Gasteiger partial charge >= 0.3 is 5.97 Å². The molecule has 0 spiro atoms. The van der Waals surface area contributed by atoms with Crippen molar-refractivity contribution in [2.24, 2.45) is 5.92 Å². The van der Waals surface area contributed by atoms with Crippen molar-refractivity contribution < 1.29 is 19.1 Å². The summed E-state index contributed by atoms with van der Waals surface area (Å²) in [6.07, 6.45) is 2.93. The van der Waals surface area contributed by atoms with Crippen LogP contribution in [0, 0.1) is 5.92 Å². The quantitative estimate of drug-likeness (QED) is 0.786. The number of hydrogen-bond acceptors (Lipinski definition) is 6. The predicted octanol–water partition coefficient (Wildman–Crippen LogP) is 2.51. The zero-order valence-electron chi connectivity index (χ0n) is 15.0. The Bertz CT molecular complexity index is 866. The molecule has 5 rings (SSSR count). The molecule has 4 atom stereocenters. The van der Waals surface area contributed by atoms with Crippen LogP contribution in [0.1, 0.15) is 31.4 Å². The Hall–Kier alpha value is -2.47. The Labute approximate surface area is 152 Å². The lowest BCUT2D eigenvalue weighted by molar-refractivity contribution is -0.155. The van der Waals surface area contributed by atoms with E-state index in [1.54, 1.807) is 13.3 Å². The van der Waals surface area contributed by atoms with Gasteiger partial charge in [-0.25, -0.2) is 0 Å². The summed E-state index contributed by atoms with van der Waals surface area (Å²) in [6, 6.07) is 7.60. The molecule has 0 N–H and O–H groups in total. The van der Waals surface area contributed by atoms with E-state index in [1.165, 1.54) is 6.92 Å². The van der Waals surface area contributed by atoms with Gasteiger partial charge in [-0.2, -0.15) is 0 Å². The molecule has 6 nitrogen and oxygen atoms in total. The van der Waals surface area contributed by atoms with Crippen molar-refractivity contribution in [3.8, 4) is 5.75 Å². The summed E-state index contributed by atoms with van der Waals surface area (Å²) >= 11 is 0. The van der Waals surface area contributed by atoms with Crippen LogP contribution in [0.2, 0.25) is 0 Å². The summed E-state index contributed by atoms with van der Waals surface area (Å²) in [4.78, 5) is 30.5. The lowest BCUT2D eigenvalue weighted by Gasteiger charge is -2.47. The molecule has 2 aromatic rings. The number of piperidine rings is 3. The van der Waals surface area contributed by atoms with Crippen molar-refractivity contribution in [1.29, 1.82) is 0 Å². The van der Waals surface area contributed by atoms with E-state index in [4.69, 9.17) is 9.47 Å². The fraction of sp³-hybridized carbons (Fsp3) is 0.450. The monoisotopic (exact) mass is 354 g/mol. The van der Waals surface area contributed by atoms with Crippen LogP contribution in [0.15, 0.2) is 30.5 Å². The van der Waals surface area contributed by atoms with Crippen molar-refractivity contribution >= 4 is 22.7 Å². The molecule has 0 aliphatic carbocycles. The van der Waals surface area contributed by atoms with E-state index in [0.717, 1.165) is 41.6 Å². The molecule has 3 fully saturated rings. The number of esters is 1. The molecular formula is C20H22N2O4. The van der Waals surface area contributed by atoms with Crippen LogP contribution < -0.4 is 4.74 Å². The van der Waals surface area contributed by atoms with Crippen molar-refractivity contribution in [2.75, 3.05) is 20.2 Å². The fourth-order valence-electron chi connectivity index (χ4n) is 4.23. The van der Waals surface area contributed by atoms with E-state index < -0.39 is 6.10 Å². The standard InChI is InChI=1S/C20H22N2O4/c1-12(23)26-20(18-9-13-6-8-22(18)11-19(13)24)15-5-7-21-17-4-3-14(25-2)10-16(15)17/h3-5,7,10,13,18,20H,6,8-9,11H2,1-2H3/t13?,18-,20+/m1/s1. The number of rotatable bonds is 4. The molecule has 26 heavy (non-hydrogen) atoms. The van der Waals surface area contributed by atoms with Gasteiger partial charge in [0, 0.05) is 30.0 Å². The van der Waals surface area contributed by atoms with Gasteiger partial charge in [0.25, 0.3) is 0 Å². The Morgan fingerprint density at radius 1 is 1.35 bits per heavy atom. The zero-order chi connectivity index (χ0) is 18.3. The summed E-state index contributed by atoms with van der Waals surface area (Å²) in [5.74, 6) is 0.784. The molecule has 0 radical (unpaired) electrons. The third-order valence-corrected chi connectivity index (χ3v) is 5.51. The third kappa shape index (κ3) is 2.94. The molecule has 3 aliphatic heterocycles. The smallest absolute Gasteiger partial charge is 0.303 e. The maximum absolute atomic E-state index is 12.1. The summed E-state index contributed by atoms with van der Waals surface area (Å²) in [6.45, 7) is 2.74. The van der Waals surface area contributed by atoms with E-state index >= 15 is 0 Å². The molecule has 0 saturated carbocycles. The largest absolute Gasteiger partial charge is 0.497 e. The molecule has 3 aliphatic rings. The molecule has 136 valence electrons. The number of carbonyl (C=O) groups excluding carboxylic acids is 2. The van der Waals surface area contributed by atoms with Crippen LogP contribution in [0.25, 0.3) is 10.9 Å². The van der Waals surface area contributed by atoms with E-state index in [0.29, 0.717) is 12.3 Å². The molecule has 3 saturated heterocycles. The van der Waals surface area contributed by atoms with Crippen LogP contribution in [0.3, 0.4) is 0 Å². The number of aromatic nitrogens is 1. The number of carbonyl (C=O) groups is 2. The molecule has 2 bridgehead atoms. The highest BCUT2D eigenvalue weighted by Gasteiger charge is 2.44. The first-order chi connectivity index (χ1) is 12.6. The van der Waals surface area contributed by atoms with Gasteiger partial charge in [-0.3, -0.25) is 19.5 Å². The summed E-state index contributed by atoms with van der Waals surface area (Å²) in [5, 5.41) is 0.909. The lowest BCUT2D eigenvalue weighted by Crippen LogP contribution is -2.56. The van der Waals surface area contributed by atoms with Gasteiger partial charge in [-0.15, -0.1) is 0 Å². The first-order valence-electron chi connectivity index (χ1n) is 8.93. The third-order valence-electron chi connectivity index (χ3n) is 5.51. The number of ketones is 1. The molecule has 1 aromatic heterocycles. The van der Waals surface area contributed by atoms with Crippen LogP contribution >= 0.6 is 0 Å². The van der Waals surface area contributed by atoms with Crippen LogP contribution in [0.5, 0.6) is 5.75 Å². The summed E-state index contributed by atoms with van der Waals surface area (Å²) < 4.78 is 11.1. The Morgan fingerprint density at radius 2 is 2.19 bits per heavy atom. The lowest BCUT2D eigenvalue weighted by atomic mass is 9.79. The first kappa shape index (κ1) is 17.0. The predicted molar refractivity (Wildman–Crippen MR) is 95.9 cm³/mol. The Morgan fingerprint density at radius 3 is 2.85 bits per heavy atom. The second kappa shape index (κ2) is 6.68. The van der Waals surface area contributed by atoms with Gasteiger partial charge in [0.1, 0.15) is 17.6 Å². The Balaban J connectivity index is 1.79. The van der Waals surface area contributed by atoms with Crippen LogP contribution in [0.4, 0.5) is 0 Å². The van der Waals surface area contributed by atoms with Crippen molar-refractivity contribution in [1.82, 2.24) is 9.88 Å². The fourth-order valence-corrected chi connectivity index (χ4v) is 4.23. The second-order valence-corrected chi connectivity index (χ2v) is 7.04. The number of hydrogen-bond donors (Lipinski definition) is 0. The maximum Gasteiger partial charge on any atom is 0.303 e. The minimum Gasteiger partial charge on any atom is -0.497 e. The number of benzene rings is 1. The number of nitrogens with zero attached hydrogens (tertiary/aromatic N) is 2. The molecule has 6 heteroatoms. The van der Waals surface area contributed by atoms with Gasteiger partial charge in [-0.1, -0.05) is 0 Å². The molecule has 1 aromatic carbocycles. The zero-order valence-corrected chi connectivity index (χ0v) is 15.0. The Kier molecular flexibility index (Phi) is 4.36. The van der Waals surface area contributed by atoms with Crippen LogP contribution in [-0.4, -0.2) is 47.9 Å². The average Bonchev–Trinajstić information content (AvgIpc) is 2.65. The number of Topliss-reactive ketones (excluding diaryl/α,β-unsaturated/α-hetero) is 1. The van der Waals surface area contributed by atoms with E-state index in [1.807, 2.05) is 24.3 Å². The average molecular weight is 354 g/mol. The second-order valence-electron chi connectivity index (χ2n) is 7.04. The summed E-state index contributed by atoms with van der Waals surface area (Å²) in [5.41, 5.74) is 1.74. The SMILES string of the molecule is COc1ccc2nccc([C@H](OC(C)=O)[C@H]3CC4CCN3CC4=O)c2c1. The van der Waals surface area contributed by atoms with Gasteiger partial charge in [0.05, 0.1) is 25.2 Å². The van der Waals surface area contributed by atoms with Crippen molar-refractivity contribution in [2.45, 2.75) is 31.9 Å². The molecular weight excluding hydrogens is 332 g/mol. The minimum atomic E-state index is -0.430. The number of fused-ring (bicyclic) bond motifs is 4. The molecule has 2 unspecified atom stereocenters. The van der Waals surface area contributed by atoms with E-state index in [2.05, 4.69) is 9.88 Å². The highest BCUT2D eigenvalue weighted by molar-refractivity contribution is 5.86. The van der Waals surface area contributed by atoms with E-state index in [-0.39, 0.29) is 17.9 Å². The molecule has 0 amide bonds.